The summed E-state index contributed by atoms with van der Waals surface area (Å²) in [5.41, 5.74) is 5.37. The summed E-state index contributed by atoms with van der Waals surface area (Å²) >= 11 is 0. The molecule has 0 rings (SSSR count). The Morgan fingerprint density at radius 3 is 1.12 bits per heavy atom. The van der Waals surface area contributed by atoms with E-state index in [1.165, 1.54) is 199 Å². The molecular weight excluding hydrogens is 954 g/mol. The van der Waals surface area contributed by atoms with Crippen molar-refractivity contribution in [3.05, 3.63) is 72.9 Å². The van der Waals surface area contributed by atoms with E-state index in [4.69, 9.17) is 24.3 Å². The first kappa shape index (κ1) is 72.5. The molecule has 436 valence electrons. The lowest BCUT2D eigenvalue weighted by atomic mass is 10.0. The Morgan fingerprint density at radius 2 is 0.733 bits per heavy atom. The van der Waals surface area contributed by atoms with Gasteiger partial charge in [0, 0.05) is 19.4 Å². The molecule has 0 spiro atoms. The average molecular weight is 1070 g/mol. The lowest BCUT2D eigenvalue weighted by Gasteiger charge is -2.19. The fourth-order valence-electron chi connectivity index (χ4n) is 8.95. The Morgan fingerprint density at radius 1 is 0.413 bits per heavy atom. The van der Waals surface area contributed by atoms with Crippen LogP contribution in [0.4, 0.5) is 0 Å². The Bertz CT molecular complexity index is 1460. The van der Waals surface area contributed by atoms with Gasteiger partial charge in [-0.05, 0) is 83.5 Å². The summed E-state index contributed by atoms with van der Waals surface area (Å²) in [4.78, 5) is 35.1. The second-order valence-electron chi connectivity index (χ2n) is 20.9. The van der Waals surface area contributed by atoms with E-state index in [0.29, 0.717) is 6.42 Å². The van der Waals surface area contributed by atoms with E-state index in [2.05, 4.69) is 86.8 Å². The van der Waals surface area contributed by atoms with Crippen LogP contribution in [0.3, 0.4) is 0 Å². The first-order valence-electron chi connectivity index (χ1n) is 31.4. The van der Waals surface area contributed by atoms with Crippen LogP contribution in [0.5, 0.6) is 0 Å². The lowest BCUT2D eigenvalue weighted by Crippen LogP contribution is -2.29. The SMILES string of the molecule is CC/C=C\C/C=C\C/C=C\C/C=C\CCCCC(=O)OC(COC(=O)CCCCCCCCCCCCCCCCCCCCCCCCCCCCC/C=C\C/C=C\CCCCCCC)COP(=O)(O)OCCN. The van der Waals surface area contributed by atoms with Crippen LogP contribution in [0.1, 0.15) is 296 Å². The number of hydrogen-bond donors (Lipinski definition) is 2. The van der Waals surface area contributed by atoms with E-state index < -0.39 is 26.5 Å². The molecule has 0 aromatic rings. The number of rotatable bonds is 59. The van der Waals surface area contributed by atoms with Gasteiger partial charge in [-0.1, -0.05) is 273 Å². The van der Waals surface area contributed by atoms with Crippen LogP contribution in [0.2, 0.25) is 0 Å². The van der Waals surface area contributed by atoms with E-state index in [1.807, 2.05) is 0 Å². The summed E-state index contributed by atoms with van der Waals surface area (Å²) in [7, 11) is -4.40. The molecule has 2 atom stereocenters. The molecule has 0 saturated carbocycles. The van der Waals surface area contributed by atoms with Crippen molar-refractivity contribution in [1.29, 1.82) is 0 Å². The third-order valence-electron chi connectivity index (χ3n) is 13.6. The van der Waals surface area contributed by atoms with E-state index >= 15 is 0 Å². The number of hydrogen-bond acceptors (Lipinski definition) is 8. The molecule has 9 nitrogen and oxygen atoms in total. The highest BCUT2D eigenvalue weighted by Crippen LogP contribution is 2.43. The number of esters is 2. The number of ether oxygens (including phenoxy) is 2. The summed E-state index contributed by atoms with van der Waals surface area (Å²) in [6.45, 7) is 3.59. The summed E-state index contributed by atoms with van der Waals surface area (Å²) in [5, 5.41) is 0. The van der Waals surface area contributed by atoms with Gasteiger partial charge in [0.2, 0.25) is 0 Å². The maximum absolute atomic E-state index is 12.6. The van der Waals surface area contributed by atoms with Crippen LogP contribution in [0, 0.1) is 0 Å². The number of allylic oxidation sites excluding steroid dienone is 12. The Hall–Kier alpha value is -2.55. The van der Waals surface area contributed by atoms with Crippen molar-refractivity contribution < 1.29 is 37.6 Å². The van der Waals surface area contributed by atoms with E-state index in [9.17, 15) is 19.0 Å². The molecule has 3 N–H and O–H groups in total. The molecule has 10 heteroatoms. The molecule has 0 saturated heterocycles. The molecule has 0 radical (unpaired) electrons. The number of unbranched alkanes of at least 4 members (excludes halogenated alkanes) is 34. The molecule has 0 aliphatic rings. The number of phosphoric acid groups is 1. The number of carbonyl (C=O) groups is 2. The minimum atomic E-state index is -4.40. The largest absolute Gasteiger partial charge is 0.472 e. The fraction of sp³-hybridized carbons (Fsp3) is 0.785. The summed E-state index contributed by atoms with van der Waals surface area (Å²) in [6.07, 6.45) is 78.7. The summed E-state index contributed by atoms with van der Waals surface area (Å²) in [6, 6.07) is 0. The summed E-state index contributed by atoms with van der Waals surface area (Å²) in [5.74, 6) is -0.869. The van der Waals surface area contributed by atoms with Gasteiger partial charge in [-0.25, -0.2) is 4.57 Å². The van der Waals surface area contributed by atoms with Crippen LogP contribution >= 0.6 is 7.82 Å². The van der Waals surface area contributed by atoms with Crippen molar-refractivity contribution in [2.75, 3.05) is 26.4 Å². The number of carbonyl (C=O) groups excluding carboxylic acids is 2. The predicted octanol–water partition coefficient (Wildman–Crippen LogP) is 20.1. The lowest BCUT2D eigenvalue weighted by molar-refractivity contribution is -0.161. The molecule has 0 bridgehead atoms. The number of nitrogens with two attached hydrogens (primary N) is 1. The zero-order valence-electron chi connectivity index (χ0n) is 48.8. The highest BCUT2D eigenvalue weighted by atomic mass is 31.2. The molecule has 0 fully saturated rings. The topological polar surface area (TPSA) is 134 Å². The predicted molar refractivity (Wildman–Crippen MR) is 321 cm³/mol. The molecule has 0 amide bonds. The normalized spacial score (nSPS) is 13.5. The standard InChI is InChI=1S/C65H118NO8P/c1-3-5-7-9-11-13-15-17-19-20-21-22-23-24-25-26-27-28-29-30-31-32-33-34-35-36-37-38-39-40-41-42-44-45-47-49-51-53-55-57-64(67)71-61-63(62-73-75(69,70)72-60-59-66)74-65(68)58-56-54-52-50-48-46-43-18-16-14-12-10-8-6-4-2/h6,8,12,14-15,17-18,20-21,43,48,50,63H,3-5,7,9-11,13,16,19,22-42,44-47,49,51-62,66H2,1-2H3,(H,69,70)/b8-6-,14-12-,17-15-,21-20-,43-18-,50-48-. The molecular formula is C65H118NO8P. The van der Waals surface area contributed by atoms with E-state index in [1.54, 1.807) is 0 Å². The highest BCUT2D eigenvalue weighted by molar-refractivity contribution is 7.47. The fourth-order valence-corrected chi connectivity index (χ4v) is 9.72. The molecule has 75 heavy (non-hydrogen) atoms. The van der Waals surface area contributed by atoms with Crippen LogP contribution < -0.4 is 5.73 Å². The quantitative estimate of drug-likeness (QED) is 0.0264. The van der Waals surface area contributed by atoms with Gasteiger partial charge in [-0.2, -0.15) is 0 Å². The van der Waals surface area contributed by atoms with Crippen LogP contribution in [0.25, 0.3) is 0 Å². The molecule has 2 unspecified atom stereocenters. The van der Waals surface area contributed by atoms with Gasteiger partial charge in [0.05, 0.1) is 13.2 Å². The van der Waals surface area contributed by atoms with Crippen LogP contribution in [0.15, 0.2) is 72.9 Å². The Balaban J connectivity index is 3.76. The monoisotopic (exact) mass is 1070 g/mol. The van der Waals surface area contributed by atoms with Crippen LogP contribution in [-0.4, -0.2) is 49.3 Å². The average Bonchev–Trinajstić information content (AvgIpc) is 3.40. The Kier molecular flexibility index (Phi) is 58.6. The highest BCUT2D eigenvalue weighted by Gasteiger charge is 2.26. The van der Waals surface area contributed by atoms with Gasteiger partial charge in [0.1, 0.15) is 6.61 Å². The van der Waals surface area contributed by atoms with Crippen molar-refractivity contribution in [3.8, 4) is 0 Å². The smallest absolute Gasteiger partial charge is 0.462 e. The maximum Gasteiger partial charge on any atom is 0.472 e. The molecule has 0 heterocycles. The van der Waals surface area contributed by atoms with Gasteiger partial charge < -0.3 is 20.1 Å². The molecule has 0 aliphatic heterocycles. The minimum absolute atomic E-state index is 0.0451. The van der Waals surface area contributed by atoms with Gasteiger partial charge >= 0.3 is 19.8 Å². The van der Waals surface area contributed by atoms with E-state index in [-0.39, 0.29) is 38.6 Å². The number of phosphoric ester groups is 1. The molecule has 0 aliphatic carbocycles. The van der Waals surface area contributed by atoms with Gasteiger partial charge in [0.15, 0.2) is 6.10 Å². The molecule has 0 aromatic carbocycles. The minimum Gasteiger partial charge on any atom is -0.462 e. The zero-order chi connectivity index (χ0) is 54.5. The van der Waals surface area contributed by atoms with Crippen molar-refractivity contribution >= 4 is 19.8 Å². The maximum atomic E-state index is 12.6. The van der Waals surface area contributed by atoms with Crippen molar-refractivity contribution in [2.45, 2.75) is 302 Å². The van der Waals surface area contributed by atoms with E-state index in [0.717, 1.165) is 64.2 Å². The Labute approximate surface area is 462 Å². The molecule has 0 aromatic heterocycles. The summed E-state index contributed by atoms with van der Waals surface area (Å²) < 4.78 is 32.9. The third-order valence-corrected chi connectivity index (χ3v) is 14.6. The van der Waals surface area contributed by atoms with Crippen molar-refractivity contribution in [1.82, 2.24) is 0 Å². The second-order valence-corrected chi connectivity index (χ2v) is 22.3. The zero-order valence-corrected chi connectivity index (χ0v) is 49.7. The van der Waals surface area contributed by atoms with Gasteiger partial charge in [0.25, 0.3) is 0 Å². The van der Waals surface area contributed by atoms with Crippen LogP contribution in [-0.2, 0) is 32.7 Å². The first-order chi connectivity index (χ1) is 36.8. The first-order valence-corrected chi connectivity index (χ1v) is 32.9. The van der Waals surface area contributed by atoms with Crippen molar-refractivity contribution in [3.63, 3.8) is 0 Å². The van der Waals surface area contributed by atoms with Crippen molar-refractivity contribution in [2.24, 2.45) is 5.73 Å². The third kappa shape index (κ3) is 60.5. The second kappa shape index (κ2) is 60.7. The van der Waals surface area contributed by atoms with Gasteiger partial charge in [-0.15, -0.1) is 0 Å². The van der Waals surface area contributed by atoms with Gasteiger partial charge in [-0.3, -0.25) is 18.6 Å².